The van der Waals surface area contributed by atoms with Gasteiger partial charge in [0.05, 0.1) is 17.2 Å². The topological polar surface area (TPSA) is 97.0 Å². The summed E-state index contributed by atoms with van der Waals surface area (Å²) in [7, 11) is 0. The summed E-state index contributed by atoms with van der Waals surface area (Å²) in [6.45, 7) is 7.60. The molecule has 0 fully saturated rings. The highest BCUT2D eigenvalue weighted by molar-refractivity contribution is 6.32. The monoisotopic (exact) mass is 489 g/mol. The van der Waals surface area contributed by atoms with E-state index in [0.717, 1.165) is 0 Å². The first-order chi connectivity index (χ1) is 16.4. The summed E-state index contributed by atoms with van der Waals surface area (Å²) in [4.78, 5) is 38.4. The summed E-state index contributed by atoms with van der Waals surface area (Å²) in [6, 6.07) is 11.9. The molecule has 0 aliphatic rings. The number of carbonyl (C=O) groups is 3. The van der Waals surface area contributed by atoms with Gasteiger partial charge in [-0.05, 0) is 57.5 Å². The number of rotatable bonds is 13. The Morgan fingerprint density at radius 3 is 2.38 bits per heavy atom. The molecule has 2 N–H and O–H groups in total. The van der Waals surface area contributed by atoms with E-state index in [0.29, 0.717) is 60.4 Å². The Labute approximate surface area is 205 Å². The molecule has 9 heteroatoms. The van der Waals surface area contributed by atoms with E-state index in [2.05, 4.69) is 10.6 Å². The van der Waals surface area contributed by atoms with Crippen LogP contribution in [0.5, 0.6) is 11.5 Å². The molecule has 0 saturated heterocycles. The molecule has 3 amide bonds. The van der Waals surface area contributed by atoms with Crippen LogP contribution in [0.1, 0.15) is 44.0 Å². The van der Waals surface area contributed by atoms with Crippen LogP contribution < -0.4 is 20.1 Å². The van der Waals surface area contributed by atoms with E-state index in [4.69, 9.17) is 21.1 Å². The summed E-state index contributed by atoms with van der Waals surface area (Å²) in [5, 5.41) is 5.87. The molecule has 0 spiro atoms. The van der Waals surface area contributed by atoms with E-state index in [-0.39, 0.29) is 30.7 Å². The van der Waals surface area contributed by atoms with Crippen molar-refractivity contribution in [2.24, 2.45) is 0 Å². The second kappa shape index (κ2) is 14.1. The molecule has 0 unspecified atom stereocenters. The van der Waals surface area contributed by atoms with Gasteiger partial charge < -0.3 is 25.0 Å². The standard InChI is InChI=1S/C25H32ClN3O5/c1-4-29(5-2)24(31)17-34-22-14-13-18(16-20(22)26)28-23(30)12-9-15-27-25(32)19-10-7-8-11-21(19)33-6-3/h7-8,10-11,13-14,16H,4-6,9,12,15,17H2,1-3H3,(H,27,32)(H,28,30). The van der Waals surface area contributed by atoms with Gasteiger partial charge in [0.25, 0.3) is 11.8 Å². The third-order valence-corrected chi connectivity index (χ3v) is 5.28. The molecule has 0 bridgehead atoms. The van der Waals surface area contributed by atoms with Gasteiger partial charge in [0.15, 0.2) is 6.61 Å². The Morgan fingerprint density at radius 1 is 0.971 bits per heavy atom. The van der Waals surface area contributed by atoms with Crippen LogP contribution in [0.25, 0.3) is 0 Å². The fourth-order valence-electron chi connectivity index (χ4n) is 3.21. The molecule has 0 heterocycles. The number of hydrogen-bond donors (Lipinski definition) is 2. The Bertz CT molecular complexity index is 979. The lowest BCUT2D eigenvalue weighted by Crippen LogP contribution is -2.34. The van der Waals surface area contributed by atoms with E-state index in [9.17, 15) is 14.4 Å². The Kier molecular flexibility index (Phi) is 11.2. The number of ether oxygens (including phenoxy) is 2. The number of nitrogens with zero attached hydrogens (tertiary/aromatic N) is 1. The molecule has 184 valence electrons. The highest BCUT2D eigenvalue weighted by Crippen LogP contribution is 2.28. The maximum atomic E-state index is 12.4. The van der Waals surface area contributed by atoms with Crippen molar-refractivity contribution in [2.45, 2.75) is 33.6 Å². The van der Waals surface area contributed by atoms with Crippen LogP contribution in [0.3, 0.4) is 0 Å². The smallest absolute Gasteiger partial charge is 0.260 e. The van der Waals surface area contributed by atoms with Crippen molar-refractivity contribution in [3.8, 4) is 11.5 Å². The minimum Gasteiger partial charge on any atom is -0.493 e. The van der Waals surface area contributed by atoms with Crippen molar-refractivity contribution in [2.75, 3.05) is 38.2 Å². The van der Waals surface area contributed by atoms with Crippen molar-refractivity contribution < 1.29 is 23.9 Å². The molecule has 0 aliphatic heterocycles. The summed E-state index contributed by atoms with van der Waals surface area (Å²) < 4.78 is 11.0. The van der Waals surface area contributed by atoms with Crippen LogP contribution in [-0.2, 0) is 9.59 Å². The van der Waals surface area contributed by atoms with E-state index in [1.54, 1.807) is 41.3 Å². The average molecular weight is 490 g/mol. The molecule has 0 saturated carbocycles. The van der Waals surface area contributed by atoms with Gasteiger partial charge in [0.1, 0.15) is 11.5 Å². The van der Waals surface area contributed by atoms with Gasteiger partial charge in [-0.3, -0.25) is 14.4 Å². The average Bonchev–Trinajstić information content (AvgIpc) is 2.82. The molecule has 34 heavy (non-hydrogen) atoms. The maximum Gasteiger partial charge on any atom is 0.260 e. The molecule has 0 radical (unpaired) electrons. The first-order valence-corrected chi connectivity index (χ1v) is 11.8. The van der Waals surface area contributed by atoms with Gasteiger partial charge in [0, 0.05) is 31.7 Å². The molecule has 2 rings (SSSR count). The van der Waals surface area contributed by atoms with Crippen LogP contribution >= 0.6 is 11.6 Å². The number of anilines is 1. The molecule has 0 atom stereocenters. The minimum atomic E-state index is -0.244. The van der Waals surface area contributed by atoms with E-state index in [1.165, 1.54) is 0 Å². The van der Waals surface area contributed by atoms with E-state index < -0.39 is 0 Å². The van der Waals surface area contributed by atoms with Crippen molar-refractivity contribution in [3.63, 3.8) is 0 Å². The van der Waals surface area contributed by atoms with Crippen molar-refractivity contribution in [3.05, 3.63) is 53.1 Å². The van der Waals surface area contributed by atoms with Crippen LogP contribution in [0.15, 0.2) is 42.5 Å². The van der Waals surface area contributed by atoms with Crippen LogP contribution in [0.2, 0.25) is 5.02 Å². The van der Waals surface area contributed by atoms with Gasteiger partial charge in [-0.15, -0.1) is 0 Å². The maximum absolute atomic E-state index is 12.4. The number of carbonyl (C=O) groups excluding carboxylic acids is 3. The summed E-state index contributed by atoms with van der Waals surface area (Å²) in [5.41, 5.74) is 0.983. The van der Waals surface area contributed by atoms with Gasteiger partial charge >= 0.3 is 0 Å². The van der Waals surface area contributed by atoms with Crippen LogP contribution in [0.4, 0.5) is 5.69 Å². The predicted molar refractivity (Wildman–Crippen MR) is 133 cm³/mol. The van der Waals surface area contributed by atoms with Crippen molar-refractivity contribution >= 4 is 35.0 Å². The summed E-state index contributed by atoms with van der Waals surface area (Å²) in [5.74, 6) is 0.334. The molecular weight excluding hydrogens is 458 g/mol. The normalized spacial score (nSPS) is 10.4. The minimum absolute atomic E-state index is 0.103. The first kappa shape index (κ1) is 27.0. The lowest BCUT2D eigenvalue weighted by atomic mass is 10.2. The number of likely N-dealkylation sites (N-methyl/N-ethyl adjacent to an activating group) is 1. The number of para-hydroxylation sites is 1. The van der Waals surface area contributed by atoms with Gasteiger partial charge in [0.2, 0.25) is 5.91 Å². The zero-order chi connectivity index (χ0) is 24.9. The van der Waals surface area contributed by atoms with Crippen molar-refractivity contribution in [1.29, 1.82) is 0 Å². The van der Waals surface area contributed by atoms with Crippen LogP contribution in [0, 0.1) is 0 Å². The number of benzene rings is 2. The molecule has 2 aromatic carbocycles. The highest BCUT2D eigenvalue weighted by atomic mass is 35.5. The number of halogens is 1. The van der Waals surface area contributed by atoms with Crippen LogP contribution in [-0.4, -0.2) is 55.5 Å². The largest absolute Gasteiger partial charge is 0.493 e. The SMILES string of the molecule is CCOc1ccccc1C(=O)NCCCC(=O)Nc1ccc(OCC(=O)N(CC)CC)c(Cl)c1. The quantitative estimate of drug-likeness (QED) is 0.412. The third-order valence-electron chi connectivity index (χ3n) is 4.98. The van der Waals surface area contributed by atoms with E-state index in [1.807, 2.05) is 26.8 Å². The molecule has 0 aromatic heterocycles. The number of hydrogen-bond acceptors (Lipinski definition) is 5. The predicted octanol–water partition coefficient (Wildman–Crippen LogP) is 4.13. The molecular formula is C25H32ClN3O5. The number of amides is 3. The summed E-state index contributed by atoms with van der Waals surface area (Å²) >= 11 is 6.24. The van der Waals surface area contributed by atoms with E-state index >= 15 is 0 Å². The molecule has 0 aliphatic carbocycles. The summed E-state index contributed by atoms with van der Waals surface area (Å²) in [6.07, 6.45) is 0.693. The lowest BCUT2D eigenvalue weighted by molar-refractivity contribution is -0.133. The van der Waals surface area contributed by atoms with Crippen molar-refractivity contribution in [1.82, 2.24) is 10.2 Å². The van der Waals surface area contributed by atoms with Gasteiger partial charge in [-0.25, -0.2) is 0 Å². The fraction of sp³-hybridized carbons (Fsp3) is 0.400. The zero-order valence-corrected chi connectivity index (χ0v) is 20.6. The lowest BCUT2D eigenvalue weighted by Gasteiger charge is -2.19. The van der Waals surface area contributed by atoms with Gasteiger partial charge in [-0.1, -0.05) is 23.7 Å². The van der Waals surface area contributed by atoms with Gasteiger partial charge in [-0.2, -0.15) is 0 Å². The first-order valence-electron chi connectivity index (χ1n) is 11.4. The second-order valence-corrected chi connectivity index (χ2v) is 7.74. The Morgan fingerprint density at radius 2 is 1.71 bits per heavy atom. The molecule has 8 nitrogen and oxygen atoms in total. The zero-order valence-electron chi connectivity index (χ0n) is 19.9. The molecule has 2 aromatic rings. The number of nitrogens with one attached hydrogen (secondary N) is 2. The Hall–Kier alpha value is -3.26. The highest BCUT2D eigenvalue weighted by Gasteiger charge is 2.13. The Balaban J connectivity index is 1.77. The second-order valence-electron chi connectivity index (χ2n) is 7.34. The third kappa shape index (κ3) is 8.26. The fourth-order valence-corrected chi connectivity index (χ4v) is 3.44.